The first kappa shape index (κ1) is 16.4. The van der Waals surface area contributed by atoms with Crippen molar-refractivity contribution in [3.63, 3.8) is 0 Å². The smallest absolute Gasteiger partial charge is 0.354 e. The number of methoxy groups -OCH3 is 1. The van der Waals surface area contributed by atoms with Gasteiger partial charge in [-0.05, 0) is 31.4 Å². The van der Waals surface area contributed by atoms with Crippen LogP contribution in [0, 0.1) is 0 Å². The fourth-order valence-electron chi connectivity index (χ4n) is 3.55. The van der Waals surface area contributed by atoms with Gasteiger partial charge in [-0.25, -0.2) is 9.78 Å². The number of fused-ring (bicyclic) bond motifs is 3. The summed E-state index contributed by atoms with van der Waals surface area (Å²) in [7, 11) is 1.59. The second kappa shape index (κ2) is 5.73. The molecule has 0 radical (unpaired) electrons. The molecule has 1 aliphatic heterocycles. The molecule has 4 rings (SSSR count). The average molecular weight is 349 g/mol. The maximum absolute atomic E-state index is 11.6. The standard InChI is InChI=1S/C21H19NO4/c1-21(2)11-14-17-13(10-16(25-3)19(14)26-21)9-15(20(23)24)22-18(17)12-7-5-4-6-8-12/h4-10H,11H2,1-3H3,(H,23,24). The number of aromatic carboxylic acids is 1. The van der Waals surface area contributed by atoms with Crippen molar-refractivity contribution in [1.82, 2.24) is 4.98 Å². The number of pyridine rings is 1. The zero-order valence-corrected chi connectivity index (χ0v) is 14.9. The molecule has 0 unspecified atom stereocenters. The van der Waals surface area contributed by atoms with E-state index in [1.807, 2.05) is 50.2 Å². The Kier molecular flexibility index (Phi) is 3.61. The minimum Gasteiger partial charge on any atom is -0.493 e. The van der Waals surface area contributed by atoms with Crippen LogP contribution in [0.15, 0.2) is 42.5 Å². The number of aromatic nitrogens is 1. The maximum atomic E-state index is 11.6. The highest BCUT2D eigenvalue weighted by Crippen LogP contribution is 2.48. The monoisotopic (exact) mass is 349 g/mol. The van der Waals surface area contributed by atoms with Crippen LogP contribution in [0.25, 0.3) is 22.0 Å². The van der Waals surface area contributed by atoms with Crippen LogP contribution < -0.4 is 9.47 Å². The van der Waals surface area contributed by atoms with Gasteiger partial charge in [0, 0.05) is 22.9 Å². The van der Waals surface area contributed by atoms with E-state index in [2.05, 4.69) is 4.98 Å². The van der Waals surface area contributed by atoms with Crippen molar-refractivity contribution in [2.75, 3.05) is 7.11 Å². The molecule has 1 aromatic heterocycles. The van der Waals surface area contributed by atoms with Crippen LogP contribution >= 0.6 is 0 Å². The van der Waals surface area contributed by atoms with Gasteiger partial charge in [-0.1, -0.05) is 30.3 Å². The lowest BCUT2D eigenvalue weighted by Gasteiger charge is -2.17. The summed E-state index contributed by atoms with van der Waals surface area (Å²) in [5.74, 6) is 0.270. The molecule has 0 bridgehead atoms. The average Bonchev–Trinajstić information content (AvgIpc) is 2.95. The molecule has 5 nitrogen and oxygen atoms in total. The number of rotatable bonds is 3. The number of benzene rings is 2. The highest BCUT2D eigenvalue weighted by atomic mass is 16.5. The molecule has 1 aliphatic rings. The maximum Gasteiger partial charge on any atom is 0.354 e. The van der Waals surface area contributed by atoms with E-state index in [0.717, 1.165) is 21.9 Å². The van der Waals surface area contributed by atoms with E-state index in [0.29, 0.717) is 23.6 Å². The highest BCUT2D eigenvalue weighted by molar-refractivity contribution is 6.03. The largest absolute Gasteiger partial charge is 0.493 e. The van der Waals surface area contributed by atoms with Crippen molar-refractivity contribution in [3.8, 4) is 22.8 Å². The Bertz CT molecular complexity index is 1030. The van der Waals surface area contributed by atoms with Crippen LogP contribution in [0.1, 0.15) is 29.9 Å². The molecule has 0 saturated heterocycles. The second-order valence-corrected chi connectivity index (χ2v) is 7.05. The van der Waals surface area contributed by atoms with Crippen LogP contribution in [-0.2, 0) is 6.42 Å². The van der Waals surface area contributed by atoms with Gasteiger partial charge in [-0.3, -0.25) is 0 Å². The zero-order chi connectivity index (χ0) is 18.5. The fourth-order valence-corrected chi connectivity index (χ4v) is 3.55. The van der Waals surface area contributed by atoms with Crippen molar-refractivity contribution in [1.29, 1.82) is 0 Å². The molecule has 0 amide bonds. The number of carboxylic acid groups (broad SMARTS) is 1. The third-order valence-corrected chi connectivity index (χ3v) is 4.60. The Labute approximate surface area is 151 Å². The van der Waals surface area contributed by atoms with E-state index in [9.17, 15) is 9.90 Å². The SMILES string of the molecule is COc1cc2cc(C(=O)O)nc(-c3ccccc3)c2c2c1OC(C)(C)C2. The van der Waals surface area contributed by atoms with Gasteiger partial charge in [0.25, 0.3) is 0 Å². The van der Waals surface area contributed by atoms with E-state index >= 15 is 0 Å². The Balaban J connectivity index is 2.12. The van der Waals surface area contributed by atoms with E-state index in [-0.39, 0.29) is 11.3 Å². The van der Waals surface area contributed by atoms with Crippen LogP contribution in [0.5, 0.6) is 11.5 Å². The molecule has 0 atom stereocenters. The quantitative estimate of drug-likeness (QED) is 0.762. The van der Waals surface area contributed by atoms with Crippen molar-refractivity contribution in [3.05, 3.63) is 53.7 Å². The number of ether oxygens (including phenoxy) is 2. The summed E-state index contributed by atoms with van der Waals surface area (Å²) >= 11 is 0. The number of nitrogens with zero attached hydrogens (tertiary/aromatic N) is 1. The molecule has 2 aromatic carbocycles. The van der Waals surface area contributed by atoms with Gasteiger partial charge in [0.2, 0.25) is 0 Å². The first-order valence-electron chi connectivity index (χ1n) is 8.42. The van der Waals surface area contributed by atoms with E-state index in [4.69, 9.17) is 9.47 Å². The number of carbonyl (C=O) groups is 1. The van der Waals surface area contributed by atoms with Gasteiger partial charge in [0.1, 0.15) is 11.3 Å². The topological polar surface area (TPSA) is 68.7 Å². The van der Waals surface area contributed by atoms with Crippen LogP contribution in [0.4, 0.5) is 0 Å². The Morgan fingerprint density at radius 1 is 1.23 bits per heavy atom. The van der Waals surface area contributed by atoms with Crippen LogP contribution in [0.2, 0.25) is 0 Å². The Morgan fingerprint density at radius 2 is 1.96 bits per heavy atom. The summed E-state index contributed by atoms with van der Waals surface area (Å²) in [6, 6.07) is 13.1. The van der Waals surface area contributed by atoms with Crippen molar-refractivity contribution in [2.24, 2.45) is 0 Å². The lowest BCUT2D eigenvalue weighted by atomic mass is 9.93. The first-order chi connectivity index (χ1) is 12.4. The van der Waals surface area contributed by atoms with Gasteiger partial charge in [-0.15, -0.1) is 0 Å². The molecule has 1 N–H and O–H groups in total. The van der Waals surface area contributed by atoms with Gasteiger partial charge in [-0.2, -0.15) is 0 Å². The molecule has 3 aromatic rings. The lowest BCUT2D eigenvalue weighted by molar-refractivity contribution is 0.0691. The summed E-state index contributed by atoms with van der Waals surface area (Å²) in [4.78, 5) is 16.1. The molecule has 0 spiro atoms. The molecule has 26 heavy (non-hydrogen) atoms. The highest BCUT2D eigenvalue weighted by Gasteiger charge is 2.35. The zero-order valence-electron chi connectivity index (χ0n) is 14.9. The van der Waals surface area contributed by atoms with Gasteiger partial charge >= 0.3 is 5.97 Å². The minimum atomic E-state index is -1.06. The second-order valence-electron chi connectivity index (χ2n) is 7.05. The number of hydrogen-bond acceptors (Lipinski definition) is 4. The molecular weight excluding hydrogens is 330 g/mol. The van der Waals surface area contributed by atoms with Crippen molar-refractivity contribution in [2.45, 2.75) is 25.9 Å². The third-order valence-electron chi connectivity index (χ3n) is 4.60. The van der Waals surface area contributed by atoms with Crippen LogP contribution in [0.3, 0.4) is 0 Å². The fraction of sp³-hybridized carbons (Fsp3) is 0.238. The molecule has 0 aliphatic carbocycles. The third kappa shape index (κ3) is 2.56. The summed E-state index contributed by atoms with van der Waals surface area (Å²) < 4.78 is 11.6. The molecule has 0 fully saturated rings. The number of hydrogen-bond donors (Lipinski definition) is 1. The van der Waals surface area contributed by atoms with Gasteiger partial charge in [0.05, 0.1) is 12.8 Å². The summed E-state index contributed by atoms with van der Waals surface area (Å²) in [5.41, 5.74) is 2.19. The Hall–Kier alpha value is -3.08. The van der Waals surface area contributed by atoms with Crippen molar-refractivity contribution < 1.29 is 19.4 Å². The van der Waals surface area contributed by atoms with Crippen molar-refractivity contribution >= 4 is 16.7 Å². The van der Waals surface area contributed by atoms with Crippen LogP contribution in [-0.4, -0.2) is 28.8 Å². The molecular formula is C21H19NO4. The minimum absolute atomic E-state index is 0.0107. The van der Waals surface area contributed by atoms with E-state index < -0.39 is 5.97 Å². The van der Waals surface area contributed by atoms with E-state index in [1.165, 1.54) is 0 Å². The predicted molar refractivity (Wildman–Crippen MR) is 99.1 cm³/mol. The molecule has 2 heterocycles. The number of carboxylic acids is 1. The molecule has 0 saturated carbocycles. The van der Waals surface area contributed by atoms with Gasteiger partial charge < -0.3 is 14.6 Å². The molecule has 5 heteroatoms. The molecule has 132 valence electrons. The van der Waals surface area contributed by atoms with Gasteiger partial charge in [0.15, 0.2) is 11.5 Å². The van der Waals surface area contributed by atoms with E-state index in [1.54, 1.807) is 13.2 Å². The first-order valence-corrected chi connectivity index (χ1v) is 8.42. The summed E-state index contributed by atoms with van der Waals surface area (Å²) in [6.45, 7) is 4.05. The summed E-state index contributed by atoms with van der Waals surface area (Å²) in [6.07, 6.45) is 0.698. The predicted octanol–water partition coefficient (Wildman–Crippen LogP) is 4.32. The Morgan fingerprint density at radius 3 is 2.62 bits per heavy atom. The summed E-state index contributed by atoms with van der Waals surface area (Å²) in [5, 5.41) is 11.2. The lowest BCUT2D eigenvalue weighted by Crippen LogP contribution is -2.24. The normalized spacial score (nSPS) is 14.7.